The van der Waals surface area contributed by atoms with E-state index in [1.807, 2.05) is 25.1 Å². The fraction of sp³-hybridized carbons (Fsp3) is 0.0769. The molecule has 2 aromatic rings. The van der Waals surface area contributed by atoms with Crippen LogP contribution in [0.5, 0.6) is 11.6 Å². The van der Waals surface area contributed by atoms with Crippen molar-refractivity contribution < 1.29 is 9.53 Å². The molecule has 0 radical (unpaired) electrons. The minimum atomic E-state index is 0.469. The van der Waals surface area contributed by atoms with Crippen LogP contribution in [-0.4, -0.2) is 11.3 Å². The lowest BCUT2D eigenvalue weighted by Gasteiger charge is -2.07. The number of ether oxygens (including phenoxy) is 1. The Bertz CT molecular complexity index is 538. The summed E-state index contributed by atoms with van der Waals surface area (Å²) in [4.78, 5) is 14.5. The van der Waals surface area contributed by atoms with Crippen LogP contribution in [0.1, 0.15) is 15.9 Å². The predicted molar refractivity (Wildman–Crippen MR) is 68.6 cm³/mol. The third kappa shape index (κ3) is 2.91. The van der Waals surface area contributed by atoms with Gasteiger partial charge >= 0.3 is 0 Å². The summed E-state index contributed by atoms with van der Waals surface area (Å²) >= 11 is 3.39. The molecule has 0 aliphatic carbocycles. The van der Waals surface area contributed by atoms with Crippen molar-refractivity contribution in [1.29, 1.82) is 0 Å². The molecule has 1 aromatic heterocycles. The van der Waals surface area contributed by atoms with Crippen LogP contribution >= 0.6 is 15.9 Å². The highest BCUT2D eigenvalue weighted by molar-refractivity contribution is 9.10. The Morgan fingerprint density at radius 2 is 2.12 bits per heavy atom. The van der Waals surface area contributed by atoms with Crippen LogP contribution in [0.3, 0.4) is 0 Å². The maximum atomic E-state index is 10.5. The first-order chi connectivity index (χ1) is 8.19. The predicted octanol–water partition coefficient (Wildman–Crippen LogP) is 3.76. The van der Waals surface area contributed by atoms with E-state index in [4.69, 9.17) is 4.74 Å². The zero-order valence-corrected chi connectivity index (χ0v) is 10.8. The van der Waals surface area contributed by atoms with Gasteiger partial charge < -0.3 is 4.74 Å². The molecular formula is C13H10BrNO2. The van der Waals surface area contributed by atoms with Crippen LogP contribution in [0.15, 0.2) is 41.0 Å². The average Bonchev–Trinajstić information content (AvgIpc) is 2.35. The van der Waals surface area contributed by atoms with E-state index in [0.717, 1.165) is 22.1 Å². The number of aldehydes is 1. The lowest BCUT2D eigenvalue weighted by Crippen LogP contribution is -1.91. The van der Waals surface area contributed by atoms with Crippen molar-refractivity contribution in [2.24, 2.45) is 0 Å². The normalized spacial score (nSPS) is 10.0. The summed E-state index contributed by atoms with van der Waals surface area (Å²) in [5.74, 6) is 1.21. The Morgan fingerprint density at radius 3 is 2.76 bits per heavy atom. The molecule has 2 rings (SSSR count). The number of hydrogen-bond acceptors (Lipinski definition) is 3. The summed E-state index contributed by atoms with van der Waals surface area (Å²) < 4.78 is 6.58. The van der Waals surface area contributed by atoms with E-state index in [9.17, 15) is 4.79 Å². The van der Waals surface area contributed by atoms with Gasteiger partial charge in [0.05, 0.1) is 0 Å². The summed E-state index contributed by atoms with van der Waals surface area (Å²) in [5.41, 5.74) is 1.55. The van der Waals surface area contributed by atoms with Crippen molar-refractivity contribution in [2.75, 3.05) is 0 Å². The highest BCUT2D eigenvalue weighted by Gasteiger charge is 2.03. The second kappa shape index (κ2) is 5.10. The number of halogens is 1. The van der Waals surface area contributed by atoms with Crippen LogP contribution in [0.4, 0.5) is 0 Å². The monoisotopic (exact) mass is 291 g/mol. The number of aryl methyl sites for hydroxylation is 1. The van der Waals surface area contributed by atoms with Crippen LogP contribution in [0.25, 0.3) is 0 Å². The summed E-state index contributed by atoms with van der Waals surface area (Å²) in [5, 5.41) is 0. The van der Waals surface area contributed by atoms with Crippen molar-refractivity contribution in [3.63, 3.8) is 0 Å². The summed E-state index contributed by atoms with van der Waals surface area (Å²) in [6.07, 6.45) is 2.23. The average molecular weight is 292 g/mol. The molecule has 0 amide bonds. The Labute approximate surface area is 108 Å². The number of aromatic nitrogens is 1. The molecule has 86 valence electrons. The van der Waals surface area contributed by atoms with Crippen LogP contribution in [0.2, 0.25) is 0 Å². The van der Waals surface area contributed by atoms with Gasteiger partial charge in [0.1, 0.15) is 5.75 Å². The Kier molecular flexibility index (Phi) is 3.54. The molecule has 0 spiro atoms. The maximum Gasteiger partial charge on any atom is 0.219 e. The second-order valence-corrected chi connectivity index (χ2v) is 4.48. The van der Waals surface area contributed by atoms with Gasteiger partial charge in [0.25, 0.3) is 0 Å². The van der Waals surface area contributed by atoms with Gasteiger partial charge in [0.15, 0.2) is 6.29 Å². The molecule has 0 unspecified atom stereocenters. The van der Waals surface area contributed by atoms with E-state index in [2.05, 4.69) is 20.9 Å². The van der Waals surface area contributed by atoms with Crippen LogP contribution in [0, 0.1) is 6.92 Å². The second-order valence-electron chi connectivity index (χ2n) is 3.56. The zero-order valence-electron chi connectivity index (χ0n) is 9.18. The molecule has 0 fully saturated rings. The fourth-order valence-electron chi connectivity index (χ4n) is 1.32. The number of pyridine rings is 1. The molecule has 1 aromatic carbocycles. The minimum Gasteiger partial charge on any atom is -0.439 e. The zero-order chi connectivity index (χ0) is 12.3. The smallest absolute Gasteiger partial charge is 0.219 e. The summed E-state index contributed by atoms with van der Waals surface area (Å²) in [6, 6.07) is 9.13. The molecule has 0 saturated heterocycles. The number of hydrogen-bond donors (Lipinski definition) is 0. The molecular weight excluding hydrogens is 282 g/mol. The van der Waals surface area contributed by atoms with Gasteiger partial charge in [0, 0.05) is 22.3 Å². The molecule has 4 heteroatoms. The number of carbonyl (C=O) groups is 1. The van der Waals surface area contributed by atoms with Gasteiger partial charge in [-0.25, -0.2) is 4.98 Å². The van der Waals surface area contributed by atoms with Gasteiger partial charge in [-0.05, 0) is 30.7 Å². The Morgan fingerprint density at radius 1 is 1.29 bits per heavy atom. The fourth-order valence-corrected chi connectivity index (χ4v) is 1.66. The third-order valence-electron chi connectivity index (χ3n) is 2.26. The molecule has 0 bridgehead atoms. The van der Waals surface area contributed by atoms with Gasteiger partial charge in [-0.2, -0.15) is 0 Å². The first-order valence-corrected chi connectivity index (χ1v) is 5.83. The molecule has 3 nitrogen and oxygen atoms in total. The first-order valence-electron chi connectivity index (χ1n) is 5.04. The molecule has 0 saturated carbocycles. The van der Waals surface area contributed by atoms with E-state index in [1.165, 1.54) is 6.20 Å². The molecule has 0 N–H and O–H groups in total. The van der Waals surface area contributed by atoms with E-state index in [-0.39, 0.29) is 0 Å². The number of nitrogens with zero attached hydrogens (tertiary/aromatic N) is 1. The highest BCUT2D eigenvalue weighted by Crippen LogP contribution is 2.26. The standard InChI is InChI=1S/C13H10BrNO2/c1-9-2-4-11(14)6-12(9)17-13-5-3-10(8-16)7-15-13/h2-8H,1H3. The van der Waals surface area contributed by atoms with E-state index in [0.29, 0.717) is 11.4 Å². The van der Waals surface area contributed by atoms with E-state index < -0.39 is 0 Å². The van der Waals surface area contributed by atoms with Crippen LogP contribution < -0.4 is 4.74 Å². The molecule has 0 aliphatic heterocycles. The van der Waals surface area contributed by atoms with Crippen molar-refractivity contribution in [3.05, 3.63) is 52.1 Å². The first kappa shape index (κ1) is 11.8. The van der Waals surface area contributed by atoms with Gasteiger partial charge in [-0.3, -0.25) is 4.79 Å². The summed E-state index contributed by atoms with van der Waals surface area (Å²) in [7, 11) is 0. The largest absolute Gasteiger partial charge is 0.439 e. The van der Waals surface area contributed by atoms with Crippen molar-refractivity contribution in [3.8, 4) is 11.6 Å². The topological polar surface area (TPSA) is 39.2 Å². The number of rotatable bonds is 3. The van der Waals surface area contributed by atoms with Gasteiger partial charge in [-0.15, -0.1) is 0 Å². The number of benzene rings is 1. The van der Waals surface area contributed by atoms with Gasteiger partial charge in [-0.1, -0.05) is 22.0 Å². The third-order valence-corrected chi connectivity index (χ3v) is 2.75. The van der Waals surface area contributed by atoms with Gasteiger partial charge in [0.2, 0.25) is 5.88 Å². The minimum absolute atomic E-state index is 0.469. The highest BCUT2D eigenvalue weighted by atomic mass is 79.9. The SMILES string of the molecule is Cc1ccc(Br)cc1Oc1ccc(C=O)cn1. The Hall–Kier alpha value is -1.68. The Balaban J connectivity index is 2.24. The summed E-state index contributed by atoms with van der Waals surface area (Å²) in [6.45, 7) is 1.96. The molecule has 0 aliphatic rings. The van der Waals surface area contributed by atoms with E-state index in [1.54, 1.807) is 12.1 Å². The molecule has 0 atom stereocenters. The van der Waals surface area contributed by atoms with Crippen LogP contribution in [-0.2, 0) is 0 Å². The lowest BCUT2D eigenvalue weighted by molar-refractivity contribution is 0.112. The quantitative estimate of drug-likeness (QED) is 0.809. The molecule has 1 heterocycles. The maximum absolute atomic E-state index is 10.5. The van der Waals surface area contributed by atoms with Crippen molar-refractivity contribution in [2.45, 2.75) is 6.92 Å². The van der Waals surface area contributed by atoms with Crippen molar-refractivity contribution >= 4 is 22.2 Å². The lowest BCUT2D eigenvalue weighted by atomic mass is 10.2. The van der Waals surface area contributed by atoms with E-state index >= 15 is 0 Å². The molecule has 17 heavy (non-hydrogen) atoms. The number of carbonyl (C=O) groups excluding carboxylic acids is 1. The van der Waals surface area contributed by atoms with Crippen molar-refractivity contribution in [1.82, 2.24) is 4.98 Å².